The summed E-state index contributed by atoms with van der Waals surface area (Å²) in [5.41, 5.74) is 0.497. The lowest BCUT2D eigenvalue weighted by Crippen LogP contribution is -2.42. The van der Waals surface area contributed by atoms with Crippen LogP contribution in [0.2, 0.25) is 0 Å². The summed E-state index contributed by atoms with van der Waals surface area (Å²) >= 11 is 0. The van der Waals surface area contributed by atoms with E-state index < -0.39 is 12.1 Å². The van der Waals surface area contributed by atoms with Gasteiger partial charge in [0.05, 0.1) is 30.5 Å². The van der Waals surface area contributed by atoms with Gasteiger partial charge in [0.25, 0.3) is 0 Å². The largest absolute Gasteiger partial charge is 0.478 e. The van der Waals surface area contributed by atoms with E-state index in [1.165, 1.54) is 6.20 Å². The molecule has 1 saturated heterocycles. The number of carboxylic acids is 1. The summed E-state index contributed by atoms with van der Waals surface area (Å²) in [4.78, 5) is 20.8. The minimum Gasteiger partial charge on any atom is -0.478 e. The van der Waals surface area contributed by atoms with Crippen LogP contribution >= 0.6 is 0 Å². The lowest BCUT2D eigenvalue weighted by molar-refractivity contribution is 0.0693. The van der Waals surface area contributed by atoms with E-state index in [0.29, 0.717) is 31.3 Å². The molecule has 0 amide bonds. The van der Waals surface area contributed by atoms with Crippen molar-refractivity contribution < 1.29 is 14.6 Å². The Kier molecular flexibility index (Phi) is 3.39. The van der Waals surface area contributed by atoms with Crippen LogP contribution in [-0.2, 0) is 4.74 Å². The molecule has 0 aliphatic carbocycles. The zero-order valence-corrected chi connectivity index (χ0v) is 9.83. The number of nitriles is 1. The number of rotatable bonds is 2. The quantitative estimate of drug-likeness (QED) is 0.798. The van der Waals surface area contributed by atoms with E-state index >= 15 is 0 Å². The maximum absolute atomic E-state index is 10.9. The molecule has 0 bridgehead atoms. The highest BCUT2D eigenvalue weighted by molar-refractivity contribution is 5.88. The average molecular weight is 248 g/mol. The Bertz CT molecular complexity index is 512. The summed E-state index contributed by atoms with van der Waals surface area (Å²) in [6.07, 6.45) is 0.790. The predicted octanol–water partition coefficient (Wildman–Crippen LogP) is 0.212. The number of carbonyl (C=O) groups is 1. The van der Waals surface area contributed by atoms with Crippen molar-refractivity contribution in [3.8, 4) is 6.07 Å². The van der Waals surface area contributed by atoms with Crippen LogP contribution < -0.4 is 4.90 Å². The first-order valence-electron chi connectivity index (χ1n) is 5.45. The molecule has 7 nitrogen and oxygen atoms in total. The summed E-state index contributed by atoms with van der Waals surface area (Å²) in [5.74, 6) is -0.614. The Hall–Kier alpha value is -2.20. The van der Waals surface area contributed by atoms with Crippen molar-refractivity contribution in [2.24, 2.45) is 0 Å². The molecule has 0 saturated carbocycles. The van der Waals surface area contributed by atoms with E-state index in [0.717, 1.165) is 0 Å². The van der Waals surface area contributed by atoms with Gasteiger partial charge < -0.3 is 14.7 Å². The third-order valence-electron chi connectivity index (χ3n) is 2.69. The van der Waals surface area contributed by atoms with Crippen molar-refractivity contribution in [1.29, 1.82) is 5.26 Å². The first-order chi connectivity index (χ1) is 8.61. The standard InChI is InChI=1S/C11H12N4O3/c1-7-9(10(16)17)5-13-11(14-7)15-2-3-18-8(4-12)6-15/h5,8H,2-3,6H2,1H3,(H,16,17). The van der Waals surface area contributed by atoms with Gasteiger partial charge in [0.1, 0.15) is 0 Å². The number of aromatic carboxylic acids is 1. The van der Waals surface area contributed by atoms with E-state index in [9.17, 15) is 4.79 Å². The number of anilines is 1. The van der Waals surface area contributed by atoms with Crippen molar-refractivity contribution in [2.75, 3.05) is 24.6 Å². The first kappa shape index (κ1) is 12.3. The first-order valence-corrected chi connectivity index (χ1v) is 5.45. The molecule has 1 unspecified atom stereocenters. The molecule has 1 aromatic rings. The summed E-state index contributed by atoms with van der Waals surface area (Å²) in [5, 5.41) is 17.7. The van der Waals surface area contributed by atoms with E-state index in [-0.39, 0.29) is 5.56 Å². The molecule has 7 heteroatoms. The molecule has 1 atom stereocenters. The molecule has 1 aliphatic rings. The van der Waals surface area contributed by atoms with Gasteiger partial charge in [-0.1, -0.05) is 0 Å². The van der Waals surface area contributed by atoms with E-state index in [1.54, 1.807) is 6.92 Å². The minimum absolute atomic E-state index is 0.0869. The zero-order chi connectivity index (χ0) is 13.1. The van der Waals surface area contributed by atoms with Crippen LogP contribution in [0.3, 0.4) is 0 Å². The van der Waals surface area contributed by atoms with Crippen LogP contribution in [0, 0.1) is 18.3 Å². The molecular weight excluding hydrogens is 236 g/mol. The number of hydrogen-bond acceptors (Lipinski definition) is 6. The molecule has 94 valence electrons. The van der Waals surface area contributed by atoms with Crippen molar-refractivity contribution in [1.82, 2.24) is 9.97 Å². The molecule has 0 aromatic carbocycles. The number of ether oxygens (including phenoxy) is 1. The van der Waals surface area contributed by atoms with Crippen LogP contribution in [0.5, 0.6) is 0 Å². The molecule has 2 heterocycles. The Morgan fingerprint density at radius 3 is 3.11 bits per heavy atom. The molecule has 1 aromatic heterocycles. The van der Waals surface area contributed by atoms with E-state index in [1.807, 2.05) is 11.0 Å². The van der Waals surface area contributed by atoms with Crippen LogP contribution in [0.15, 0.2) is 6.20 Å². The Balaban J connectivity index is 2.21. The SMILES string of the molecule is Cc1nc(N2CCOC(C#N)C2)ncc1C(=O)O. The summed E-state index contributed by atoms with van der Waals surface area (Å²) in [7, 11) is 0. The second-order valence-electron chi connectivity index (χ2n) is 3.91. The molecule has 2 rings (SSSR count). The van der Waals surface area contributed by atoms with Crippen LogP contribution in [0.25, 0.3) is 0 Å². The molecule has 18 heavy (non-hydrogen) atoms. The maximum atomic E-state index is 10.9. The van der Waals surface area contributed by atoms with E-state index in [4.69, 9.17) is 15.1 Å². The van der Waals surface area contributed by atoms with Crippen LogP contribution in [0.1, 0.15) is 16.1 Å². The second-order valence-corrected chi connectivity index (χ2v) is 3.91. The Labute approximate surface area is 104 Å². The maximum Gasteiger partial charge on any atom is 0.339 e. The number of aryl methyl sites for hydroxylation is 1. The Morgan fingerprint density at radius 2 is 2.50 bits per heavy atom. The fourth-order valence-corrected chi connectivity index (χ4v) is 1.73. The summed E-state index contributed by atoms with van der Waals surface area (Å²) < 4.78 is 5.22. The van der Waals surface area contributed by atoms with Gasteiger partial charge in [0, 0.05) is 12.7 Å². The molecule has 1 fully saturated rings. The molecule has 0 radical (unpaired) electrons. The number of aromatic nitrogens is 2. The second kappa shape index (κ2) is 4.98. The average Bonchev–Trinajstić information content (AvgIpc) is 2.38. The number of nitrogens with zero attached hydrogens (tertiary/aromatic N) is 4. The van der Waals surface area contributed by atoms with Crippen LogP contribution in [0.4, 0.5) is 5.95 Å². The normalized spacial score (nSPS) is 19.3. The molecule has 1 aliphatic heterocycles. The van der Waals surface area contributed by atoms with Crippen molar-refractivity contribution in [2.45, 2.75) is 13.0 Å². The molecule has 0 spiro atoms. The van der Waals surface area contributed by atoms with Gasteiger partial charge in [-0.15, -0.1) is 0 Å². The van der Waals surface area contributed by atoms with Gasteiger partial charge in [-0.2, -0.15) is 5.26 Å². The van der Waals surface area contributed by atoms with Crippen molar-refractivity contribution in [3.63, 3.8) is 0 Å². The highest BCUT2D eigenvalue weighted by Crippen LogP contribution is 2.14. The summed E-state index contributed by atoms with van der Waals surface area (Å²) in [6, 6.07) is 2.03. The zero-order valence-electron chi connectivity index (χ0n) is 9.83. The van der Waals surface area contributed by atoms with Crippen molar-refractivity contribution >= 4 is 11.9 Å². The van der Waals surface area contributed by atoms with Gasteiger partial charge in [-0.3, -0.25) is 0 Å². The fraction of sp³-hybridized carbons (Fsp3) is 0.455. The number of hydrogen-bond donors (Lipinski definition) is 1. The highest BCUT2D eigenvalue weighted by Gasteiger charge is 2.22. The fourth-order valence-electron chi connectivity index (χ4n) is 1.73. The number of morpholine rings is 1. The predicted molar refractivity (Wildman–Crippen MR) is 61.3 cm³/mol. The molecule has 1 N–H and O–H groups in total. The smallest absolute Gasteiger partial charge is 0.339 e. The highest BCUT2D eigenvalue weighted by atomic mass is 16.5. The topological polar surface area (TPSA) is 99.3 Å². The molecular formula is C11H12N4O3. The third kappa shape index (κ3) is 2.38. The monoisotopic (exact) mass is 248 g/mol. The van der Waals surface area contributed by atoms with Gasteiger partial charge in [0.15, 0.2) is 6.10 Å². The van der Waals surface area contributed by atoms with Gasteiger partial charge in [-0.05, 0) is 6.92 Å². The Morgan fingerprint density at radius 1 is 1.72 bits per heavy atom. The van der Waals surface area contributed by atoms with Gasteiger partial charge >= 0.3 is 5.97 Å². The van der Waals surface area contributed by atoms with Crippen LogP contribution in [-0.4, -0.2) is 46.8 Å². The van der Waals surface area contributed by atoms with Gasteiger partial charge in [0.2, 0.25) is 5.95 Å². The van der Waals surface area contributed by atoms with E-state index in [2.05, 4.69) is 9.97 Å². The lowest BCUT2D eigenvalue weighted by atomic mass is 10.2. The third-order valence-corrected chi connectivity index (χ3v) is 2.69. The minimum atomic E-state index is -1.05. The van der Waals surface area contributed by atoms with Crippen molar-refractivity contribution in [3.05, 3.63) is 17.5 Å². The summed E-state index contributed by atoms with van der Waals surface area (Å²) in [6.45, 7) is 3.03. The van der Waals surface area contributed by atoms with Gasteiger partial charge in [-0.25, -0.2) is 14.8 Å². The lowest BCUT2D eigenvalue weighted by Gasteiger charge is -2.29. The number of carboxylic acid groups (broad SMARTS) is 1.